The maximum atomic E-state index is 12.8. The van der Waals surface area contributed by atoms with Crippen molar-refractivity contribution in [2.24, 2.45) is 11.8 Å². The third kappa shape index (κ3) is 3.78. The smallest absolute Gasteiger partial charge is 0.416 e. The summed E-state index contributed by atoms with van der Waals surface area (Å²) in [7, 11) is 0. The number of imide groups is 1. The van der Waals surface area contributed by atoms with Gasteiger partial charge >= 0.3 is 6.09 Å². The van der Waals surface area contributed by atoms with Crippen molar-refractivity contribution in [3.05, 3.63) is 35.9 Å². The van der Waals surface area contributed by atoms with E-state index < -0.39 is 12.0 Å². The molecule has 0 aromatic heterocycles. The fourth-order valence-corrected chi connectivity index (χ4v) is 3.87. The van der Waals surface area contributed by atoms with E-state index in [0.717, 1.165) is 18.4 Å². The van der Waals surface area contributed by atoms with Gasteiger partial charge in [-0.05, 0) is 24.3 Å². The molecule has 130 valence electrons. The monoisotopic (exact) mass is 331 g/mol. The molecule has 3 rings (SSSR count). The molecule has 1 heterocycles. The third-order valence-electron chi connectivity index (χ3n) is 5.17. The summed E-state index contributed by atoms with van der Waals surface area (Å²) in [6, 6.07) is 9.49. The van der Waals surface area contributed by atoms with E-state index in [1.54, 1.807) is 0 Å². The highest BCUT2D eigenvalue weighted by atomic mass is 16.6. The Morgan fingerprint density at radius 2 is 1.96 bits per heavy atom. The van der Waals surface area contributed by atoms with E-state index in [0.29, 0.717) is 18.8 Å². The quantitative estimate of drug-likeness (QED) is 0.870. The van der Waals surface area contributed by atoms with Gasteiger partial charge in [-0.15, -0.1) is 0 Å². The molecule has 1 aromatic carbocycles. The summed E-state index contributed by atoms with van der Waals surface area (Å²) < 4.78 is 5.12. The molecule has 0 unspecified atom stereocenters. The van der Waals surface area contributed by atoms with Crippen LogP contribution in [0.15, 0.2) is 30.3 Å². The molecule has 1 aliphatic carbocycles. The summed E-state index contributed by atoms with van der Waals surface area (Å²) >= 11 is 0. The zero-order valence-electron chi connectivity index (χ0n) is 13.9. The number of ether oxygens (including phenoxy) is 1. The van der Waals surface area contributed by atoms with Crippen LogP contribution < -0.4 is 0 Å². The predicted octanol–water partition coefficient (Wildman–Crippen LogP) is 2.77. The Labute approximate surface area is 142 Å². The van der Waals surface area contributed by atoms with Crippen molar-refractivity contribution in [3.63, 3.8) is 0 Å². The van der Waals surface area contributed by atoms with Crippen LogP contribution in [-0.2, 0) is 16.0 Å². The molecule has 2 amide bonds. The molecule has 5 nitrogen and oxygen atoms in total. The molecule has 5 heteroatoms. The van der Waals surface area contributed by atoms with Gasteiger partial charge in [0.1, 0.15) is 6.61 Å². The van der Waals surface area contributed by atoms with E-state index in [4.69, 9.17) is 4.74 Å². The number of carbonyl (C=O) groups excluding carboxylic acids is 2. The molecule has 1 aliphatic heterocycles. The topological polar surface area (TPSA) is 66.8 Å². The highest BCUT2D eigenvalue weighted by Gasteiger charge is 2.41. The lowest BCUT2D eigenvalue weighted by Crippen LogP contribution is -2.44. The molecular weight excluding hydrogens is 306 g/mol. The minimum absolute atomic E-state index is 0.211. The summed E-state index contributed by atoms with van der Waals surface area (Å²) in [6.07, 6.45) is 5.28. The number of amides is 2. The fraction of sp³-hybridized carbons (Fsp3) is 0.579. The molecule has 1 saturated carbocycles. The normalized spacial score (nSPS) is 22.6. The molecule has 1 N–H and O–H groups in total. The summed E-state index contributed by atoms with van der Waals surface area (Å²) in [4.78, 5) is 26.2. The van der Waals surface area contributed by atoms with Gasteiger partial charge < -0.3 is 9.84 Å². The first kappa shape index (κ1) is 17.0. The maximum Gasteiger partial charge on any atom is 0.416 e. The van der Waals surface area contributed by atoms with Gasteiger partial charge in [0.05, 0.1) is 18.6 Å². The van der Waals surface area contributed by atoms with Crippen molar-refractivity contribution < 1.29 is 19.4 Å². The number of cyclic esters (lactones) is 1. The van der Waals surface area contributed by atoms with Gasteiger partial charge in [-0.3, -0.25) is 4.79 Å². The molecule has 2 fully saturated rings. The van der Waals surface area contributed by atoms with Crippen LogP contribution in [0.25, 0.3) is 0 Å². The van der Waals surface area contributed by atoms with Gasteiger partial charge in [-0.1, -0.05) is 56.0 Å². The second-order valence-corrected chi connectivity index (χ2v) is 6.89. The zero-order valence-corrected chi connectivity index (χ0v) is 13.9. The first-order valence-corrected chi connectivity index (χ1v) is 8.83. The second kappa shape index (κ2) is 7.79. The predicted molar refractivity (Wildman–Crippen MR) is 89.3 cm³/mol. The number of carbonyl (C=O) groups is 2. The van der Waals surface area contributed by atoms with Crippen LogP contribution in [0.1, 0.15) is 37.7 Å². The number of hydrogen-bond donors (Lipinski definition) is 1. The molecule has 2 atom stereocenters. The highest BCUT2D eigenvalue weighted by molar-refractivity contribution is 5.94. The van der Waals surface area contributed by atoms with Crippen LogP contribution in [0.2, 0.25) is 0 Å². The van der Waals surface area contributed by atoms with Gasteiger partial charge in [-0.25, -0.2) is 9.69 Å². The van der Waals surface area contributed by atoms with E-state index >= 15 is 0 Å². The van der Waals surface area contributed by atoms with Crippen LogP contribution in [0.4, 0.5) is 4.79 Å². The number of rotatable bonds is 6. The molecular formula is C19H25NO4. The van der Waals surface area contributed by atoms with Crippen molar-refractivity contribution in [2.75, 3.05) is 13.2 Å². The van der Waals surface area contributed by atoms with E-state index in [9.17, 15) is 14.7 Å². The molecule has 1 aromatic rings. The second-order valence-electron chi connectivity index (χ2n) is 6.89. The lowest BCUT2D eigenvalue weighted by molar-refractivity contribution is -0.135. The highest BCUT2D eigenvalue weighted by Crippen LogP contribution is 2.31. The summed E-state index contributed by atoms with van der Waals surface area (Å²) in [5.74, 6) is -0.304. The van der Waals surface area contributed by atoms with Gasteiger partial charge in [0, 0.05) is 0 Å². The summed E-state index contributed by atoms with van der Waals surface area (Å²) in [5, 5.41) is 9.68. The number of aliphatic hydroxyl groups is 1. The van der Waals surface area contributed by atoms with E-state index in [1.165, 1.54) is 17.7 Å². The fourth-order valence-electron chi connectivity index (χ4n) is 3.87. The summed E-state index contributed by atoms with van der Waals surface area (Å²) in [6.45, 7) is 0.0121. The van der Waals surface area contributed by atoms with Gasteiger partial charge in [-0.2, -0.15) is 0 Å². The average molecular weight is 331 g/mol. The Balaban J connectivity index is 1.68. The van der Waals surface area contributed by atoms with Crippen molar-refractivity contribution in [3.8, 4) is 0 Å². The first-order chi connectivity index (χ1) is 11.7. The Hall–Kier alpha value is -1.88. The third-order valence-corrected chi connectivity index (χ3v) is 5.17. The Kier molecular flexibility index (Phi) is 5.51. The Morgan fingerprint density at radius 1 is 1.25 bits per heavy atom. The largest absolute Gasteiger partial charge is 0.447 e. The first-order valence-electron chi connectivity index (χ1n) is 8.83. The van der Waals surface area contributed by atoms with Crippen molar-refractivity contribution in [2.45, 2.75) is 44.6 Å². The Bertz CT molecular complexity index is 568. The molecule has 0 bridgehead atoms. The number of nitrogens with zero attached hydrogens (tertiary/aromatic N) is 1. The van der Waals surface area contributed by atoms with Gasteiger partial charge in [0.25, 0.3) is 0 Å². The number of aliphatic hydroxyl groups excluding tert-OH is 1. The SMILES string of the molecule is O=C1OC[C@H](Cc2ccccc2)N1C(=O)[C@@H](CO)CC1CCCC1. The Morgan fingerprint density at radius 3 is 2.62 bits per heavy atom. The summed E-state index contributed by atoms with van der Waals surface area (Å²) in [5.41, 5.74) is 1.06. The van der Waals surface area contributed by atoms with Crippen LogP contribution in [0.5, 0.6) is 0 Å². The number of benzene rings is 1. The number of hydrogen-bond acceptors (Lipinski definition) is 4. The molecule has 1 saturated heterocycles. The van der Waals surface area contributed by atoms with Gasteiger partial charge in [0.2, 0.25) is 5.91 Å². The average Bonchev–Trinajstić information content (AvgIpc) is 3.23. The maximum absolute atomic E-state index is 12.8. The van der Waals surface area contributed by atoms with Crippen LogP contribution in [-0.4, -0.2) is 41.3 Å². The van der Waals surface area contributed by atoms with E-state index in [2.05, 4.69) is 0 Å². The van der Waals surface area contributed by atoms with Crippen LogP contribution in [0, 0.1) is 11.8 Å². The molecule has 2 aliphatic rings. The molecule has 0 spiro atoms. The van der Waals surface area contributed by atoms with Crippen molar-refractivity contribution in [1.29, 1.82) is 0 Å². The van der Waals surface area contributed by atoms with Crippen molar-refractivity contribution in [1.82, 2.24) is 4.90 Å². The lowest BCUT2D eigenvalue weighted by atomic mass is 9.92. The standard InChI is InChI=1S/C19H25NO4/c21-12-16(10-14-8-4-5-9-14)18(22)20-17(13-24-19(20)23)11-15-6-2-1-3-7-15/h1-3,6-7,14,16-17,21H,4-5,8-13H2/t16-,17+/m1/s1. The van der Waals surface area contributed by atoms with Crippen LogP contribution in [0.3, 0.4) is 0 Å². The van der Waals surface area contributed by atoms with E-state index in [1.807, 2.05) is 30.3 Å². The molecule has 0 radical (unpaired) electrons. The van der Waals surface area contributed by atoms with Crippen LogP contribution >= 0.6 is 0 Å². The van der Waals surface area contributed by atoms with Gasteiger partial charge in [0.15, 0.2) is 0 Å². The lowest BCUT2D eigenvalue weighted by Gasteiger charge is -2.25. The zero-order chi connectivity index (χ0) is 16.9. The minimum atomic E-state index is -0.578. The minimum Gasteiger partial charge on any atom is -0.447 e. The van der Waals surface area contributed by atoms with Crippen molar-refractivity contribution >= 4 is 12.0 Å². The molecule has 24 heavy (non-hydrogen) atoms. The van der Waals surface area contributed by atoms with E-state index in [-0.39, 0.29) is 25.2 Å².